The summed E-state index contributed by atoms with van der Waals surface area (Å²) in [4.78, 5) is 0. The fourth-order valence-electron chi connectivity index (χ4n) is 1.85. The number of nitrogens with two attached hydrogens (primary N) is 1. The second-order valence-electron chi connectivity index (χ2n) is 5.10. The molecule has 1 unspecified atom stereocenters. The van der Waals surface area contributed by atoms with Crippen LogP contribution in [0.3, 0.4) is 0 Å². The van der Waals surface area contributed by atoms with Crippen molar-refractivity contribution in [2.75, 3.05) is 18.1 Å². The molecule has 0 saturated carbocycles. The van der Waals surface area contributed by atoms with Crippen molar-refractivity contribution in [2.45, 2.75) is 32.7 Å². The number of rotatable bonds is 8. The minimum atomic E-state index is 0.0989. The minimum Gasteiger partial charge on any atom is -0.396 e. The summed E-state index contributed by atoms with van der Waals surface area (Å²) in [5, 5.41) is 8.71. The molecule has 3 N–H and O–H groups in total. The quantitative estimate of drug-likeness (QED) is 0.712. The number of aliphatic hydroxyl groups is 1. The molecule has 0 amide bonds. The van der Waals surface area contributed by atoms with Crippen LogP contribution in [0.2, 0.25) is 0 Å². The summed E-state index contributed by atoms with van der Waals surface area (Å²) in [7, 11) is 0. The molecule has 0 aliphatic rings. The van der Waals surface area contributed by atoms with Gasteiger partial charge in [0.2, 0.25) is 0 Å². The van der Waals surface area contributed by atoms with Crippen molar-refractivity contribution in [3.8, 4) is 0 Å². The van der Waals surface area contributed by atoms with Crippen LogP contribution >= 0.6 is 11.8 Å². The van der Waals surface area contributed by atoms with Crippen molar-refractivity contribution >= 4 is 11.8 Å². The number of benzene rings is 1. The van der Waals surface area contributed by atoms with Gasteiger partial charge in [0.15, 0.2) is 0 Å². The Morgan fingerprint density at radius 2 is 1.89 bits per heavy atom. The summed E-state index contributed by atoms with van der Waals surface area (Å²) in [5.41, 5.74) is 8.74. The molecule has 1 aromatic carbocycles. The van der Waals surface area contributed by atoms with Crippen LogP contribution in [0.5, 0.6) is 0 Å². The van der Waals surface area contributed by atoms with E-state index in [0.717, 1.165) is 24.3 Å². The topological polar surface area (TPSA) is 46.2 Å². The number of aliphatic hydroxyl groups excluding tert-OH is 1. The third-order valence-corrected chi connectivity index (χ3v) is 3.97. The molecule has 0 saturated heterocycles. The average Bonchev–Trinajstić information content (AvgIpc) is 2.34. The van der Waals surface area contributed by atoms with Gasteiger partial charge in [0, 0.05) is 18.4 Å². The average molecular weight is 267 g/mol. The molecule has 0 fully saturated rings. The normalized spacial score (nSPS) is 12.9. The molecule has 102 valence electrons. The predicted octanol–water partition coefficient (Wildman–Crippen LogP) is 3.00. The Kier molecular flexibility index (Phi) is 7.40. The molecule has 0 heterocycles. The highest BCUT2D eigenvalue weighted by Gasteiger charge is 2.06. The summed E-state index contributed by atoms with van der Waals surface area (Å²) in [6.45, 7) is 4.74. The molecule has 1 aromatic rings. The lowest BCUT2D eigenvalue weighted by Crippen LogP contribution is -2.13. The summed E-state index contributed by atoms with van der Waals surface area (Å²) in [6, 6.07) is 8.77. The highest BCUT2D eigenvalue weighted by Crippen LogP contribution is 2.18. The van der Waals surface area contributed by atoms with E-state index in [1.807, 2.05) is 11.8 Å². The highest BCUT2D eigenvalue weighted by molar-refractivity contribution is 7.99. The number of thioether (sulfide) groups is 1. The van der Waals surface area contributed by atoms with Gasteiger partial charge in [0.25, 0.3) is 0 Å². The van der Waals surface area contributed by atoms with E-state index in [1.54, 1.807) is 0 Å². The maximum atomic E-state index is 8.71. The predicted molar refractivity (Wildman–Crippen MR) is 80.9 cm³/mol. The maximum Gasteiger partial charge on any atom is 0.0438 e. The summed E-state index contributed by atoms with van der Waals surface area (Å²) in [6.07, 6.45) is 1.98. The summed E-state index contributed by atoms with van der Waals surface area (Å²) >= 11 is 1.81. The van der Waals surface area contributed by atoms with E-state index in [4.69, 9.17) is 10.8 Å². The van der Waals surface area contributed by atoms with E-state index in [9.17, 15) is 0 Å². The van der Waals surface area contributed by atoms with Crippen LogP contribution in [-0.2, 0) is 6.42 Å². The van der Waals surface area contributed by atoms with E-state index >= 15 is 0 Å². The fourth-order valence-corrected chi connectivity index (χ4v) is 2.79. The van der Waals surface area contributed by atoms with Crippen molar-refractivity contribution in [3.63, 3.8) is 0 Å². The third kappa shape index (κ3) is 5.89. The molecule has 0 aliphatic carbocycles. The Hall–Kier alpha value is -0.510. The minimum absolute atomic E-state index is 0.0989. The first kappa shape index (κ1) is 15.5. The zero-order valence-corrected chi connectivity index (χ0v) is 12.2. The molecule has 0 radical (unpaired) electrons. The lowest BCUT2D eigenvalue weighted by molar-refractivity contribution is 0.296. The van der Waals surface area contributed by atoms with Gasteiger partial charge in [0.1, 0.15) is 0 Å². The smallest absolute Gasteiger partial charge is 0.0438 e. The summed E-state index contributed by atoms with van der Waals surface area (Å²) < 4.78 is 0. The van der Waals surface area contributed by atoms with Crippen molar-refractivity contribution < 1.29 is 5.11 Å². The Balaban J connectivity index is 2.41. The Morgan fingerprint density at radius 3 is 2.44 bits per heavy atom. The lowest BCUT2D eigenvalue weighted by Gasteiger charge is -2.13. The van der Waals surface area contributed by atoms with Crippen LogP contribution in [0.4, 0.5) is 0 Å². The second-order valence-corrected chi connectivity index (χ2v) is 6.25. The van der Waals surface area contributed by atoms with Gasteiger partial charge in [-0.2, -0.15) is 11.8 Å². The molecule has 18 heavy (non-hydrogen) atoms. The number of hydrogen-bond donors (Lipinski definition) is 2. The van der Waals surface area contributed by atoms with Crippen molar-refractivity contribution in [2.24, 2.45) is 11.7 Å². The first-order valence-corrected chi connectivity index (χ1v) is 7.82. The first-order valence-electron chi connectivity index (χ1n) is 6.66. The molecule has 0 aliphatic heterocycles. The van der Waals surface area contributed by atoms with E-state index in [2.05, 4.69) is 38.1 Å². The second kappa shape index (κ2) is 8.57. The van der Waals surface area contributed by atoms with Gasteiger partial charge < -0.3 is 10.8 Å². The maximum absolute atomic E-state index is 8.71. The molecular formula is C15H25NOS. The van der Waals surface area contributed by atoms with Crippen LogP contribution in [0.25, 0.3) is 0 Å². The Bertz CT molecular complexity index is 324. The molecule has 0 spiro atoms. The van der Waals surface area contributed by atoms with Crippen LogP contribution in [0.15, 0.2) is 24.3 Å². The zero-order chi connectivity index (χ0) is 13.4. The zero-order valence-electron chi connectivity index (χ0n) is 11.4. The number of hydrogen-bond acceptors (Lipinski definition) is 3. The van der Waals surface area contributed by atoms with Crippen LogP contribution in [-0.4, -0.2) is 23.2 Å². The molecule has 0 bridgehead atoms. The lowest BCUT2D eigenvalue weighted by atomic mass is 10.0. The van der Waals surface area contributed by atoms with Crippen molar-refractivity contribution in [1.29, 1.82) is 0 Å². The Morgan fingerprint density at radius 1 is 1.22 bits per heavy atom. The largest absolute Gasteiger partial charge is 0.396 e. The van der Waals surface area contributed by atoms with Crippen molar-refractivity contribution in [3.05, 3.63) is 35.4 Å². The van der Waals surface area contributed by atoms with Gasteiger partial charge in [-0.3, -0.25) is 0 Å². The molecule has 3 heteroatoms. The van der Waals surface area contributed by atoms with Crippen LogP contribution in [0.1, 0.15) is 37.4 Å². The van der Waals surface area contributed by atoms with Crippen molar-refractivity contribution in [1.82, 2.24) is 0 Å². The van der Waals surface area contributed by atoms with E-state index in [1.165, 1.54) is 11.1 Å². The monoisotopic (exact) mass is 267 g/mol. The van der Waals surface area contributed by atoms with Gasteiger partial charge in [-0.15, -0.1) is 0 Å². The molecule has 1 atom stereocenters. The molecular weight excluding hydrogens is 242 g/mol. The van der Waals surface area contributed by atoms with Gasteiger partial charge in [0.05, 0.1) is 0 Å². The fraction of sp³-hybridized carbons (Fsp3) is 0.600. The van der Waals surface area contributed by atoms with Crippen LogP contribution < -0.4 is 5.73 Å². The van der Waals surface area contributed by atoms with Gasteiger partial charge in [-0.05, 0) is 35.6 Å². The summed E-state index contributed by atoms with van der Waals surface area (Å²) in [5.74, 6) is 2.60. The SMILES string of the molecule is CC(C)Cc1ccc(C(N)CSCCCO)cc1. The van der Waals surface area contributed by atoms with Gasteiger partial charge in [-0.1, -0.05) is 38.1 Å². The van der Waals surface area contributed by atoms with E-state index < -0.39 is 0 Å². The third-order valence-electron chi connectivity index (χ3n) is 2.80. The molecule has 2 nitrogen and oxygen atoms in total. The standard InChI is InChI=1S/C15H25NOS/c1-12(2)10-13-4-6-14(7-5-13)15(16)11-18-9-3-8-17/h4-7,12,15,17H,3,8-11,16H2,1-2H3. The van der Waals surface area contributed by atoms with Gasteiger partial charge >= 0.3 is 0 Å². The first-order chi connectivity index (χ1) is 8.63. The van der Waals surface area contributed by atoms with Gasteiger partial charge in [-0.25, -0.2) is 0 Å². The van der Waals surface area contributed by atoms with E-state index in [-0.39, 0.29) is 12.6 Å². The molecule has 1 rings (SSSR count). The van der Waals surface area contributed by atoms with E-state index in [0.29, 0.717) is 5.92 Å². The molecule has 0 aromatic heterocycles. The highest BCUT2D eigenvalue weighted by atomic mass is 32.2. The Labute approximate surface area is 115 Å². The van der Waals surface area contributed by atoms with Crippen LogP contribution in [0, 0.1) is 5.92 Å².